The van der Waals surface area contributed by atoms with E-state index in [4.69, 9.17) is 19.3 Å². The Balaban J connectivity index is 1.79. The Kier molecular flexibility index (Phi) is 5.98. The van der Waals surface area contributed by atoms with Crippen molar-refractivity contribution in [3.8, 4) is 11.5 Å². The van der Waals surface area contributed by atoms with Gasteiger partial charge in [0, 0.05) is 12.1 Å². The Bertz CT molecular complexity index is 659. The van der Waals surface area contributed by atoms with Crippen molar-refractivity contribution in [1.29, 1.82) is 0 Å². The van der Waals surface area contributed by atoms with E-state index in [1.807, 2.05) is 11.8 Å². The number of fused-ring (bicyclic) bond motifs is 1. The Morgan fingerprint density at radius 2 is 2.04 bits per heavy atom. The topological polar surface area (TPSA) is 85.3 Å². The molecule has 2 atom stereocenters. The molecule has 0 aromatic heterocycles. The minimum absolute atomic E-state index is 0.0454. The first kappa shape index (κ1) is 18.5. The zero-order chi connectivity index (χ0) is 18.5. The molecule has 3 rings (SSSR count). The van der Waals surface area contributed by atoms with Crippen molar-refractivity contribution >= 4 is 11.9 Å². The number of hydrogen-bond donors (Lipinski definition) is 1. The van der Waals surface area contributed by atoms with Gasteiger partial charge in [-0.25, -0.2) is 4.79 Å². The predicted octanol–water partition coefficient (Wildman–Crippen LogP) is 2.33. The summed E-state index contributed by atoms with van der Waals surface area (Å²) >= 11 is 0. The third-order valence-corrected chi connectivity index (χ3v) is 4.83. The fraction of sp³-hybridized carbons (Fsp3) is 0.579. The molecule has 142 valence electrons. The average Bonchev–Trinajstić information content (AvgIpc) is 2.66. The number of carboxylic acid groups (broad SMARTS) is 1. The number of carboxylic acids is 1. The molecule has 1 saturated heterocycles. The van der Waals surface area contributed by atoms with Crippen molar-refractivity contribution in [2.45, 2.75) is 44.8 Å². The predicted molar refractivity (Wildman–Crippen MR) is 93.8 cm³/mol. The molecule has 2 fully saturated rings. The standard InChI is InChI=1S/C19H25NO6/c1-2-24-17-11-13(7-8-16(17)26-12-18(21)22)19(23)20-9-10-25-15-6-4-3-5-14(15)20/h7-8,11,14-15H,2-6,9-10,12H2,1H3,(H,21,22)/t14-,15-/m0/s1. The van der Waals surface area contributed by atoms with E-state index in [1.54, 1.807) is 18.2 Å². The lowest BCUT2D eigenvalue weighted by Crippen LogP contribution is -2.54. The Labute approximate surface area is 152 Å². The van der Waals surface area contributed by atoms with E-state index in [2.05, 4.69) is 0 Å². The molecule has 26 heavy (non-hydrogen) atoms. The summed E-state index contributed by atoms with van der Waals surface area (Å²) in [5.41, 5.74) is 0.516. The van der Waals surface area contributed by atoms with Gasteiger partial charge in [0.25, 0.3) is 5.91 Å². The maximum absolute atomic E-state index is 13.1. The van der Waals surface area contributed by atoms with Crippen LogP contribution >= 0.6 is 0 Å². The van der Waals surface area contributed by atoms with Crippen molar-refractivity contribution < 1.29 is 28.9 Å². The minimum atomic E-state index is -1.07. The number of carbonyl (C=O) groups excluding carboxylic acids is 1. The van der Waals surface area contributed by atoms with Crippen LogP contribution < -0.4 is 9.47 Å². The Hall–Kier alpha value is -2.28. The highest BCUT2D eigenvalue weighted by molar-refractivity contribution is 5.95. The molecule has 0 radical (unpaired) electrons. The molecule has 1 N–H and O–H groups in total. The molecular weight excluding hydrogens is 338 g/mol. The number of aliphatic carboxylic acids is 1. The van der Waals surface area contributed by atoms with E-state index in [-0.39, 0.29) is 18.1 Å². The number of rotatable bonds is 6. The van der Waals surface area contributed by atoms with Crippen molar-refractivity contribution in [1.82, 2.24) is 4.90 Å². The first-order valence-corrected chi connectivity index (χ1v) is 9.14. The molecule has 1 aliphatic carbocycles. The van der Waals surface area contributed by atoms with Crippen LogP contribution in [0.2, 0.25) is 0 Å². The molecule has 0 unspecified atom stereocenters. The second-order valence-corrected chi connectivity index (χ2v) is 6.54. The number of hydrogen-bond acceptors (Lipinski definition) is 5. The van der Waals surface area contributed by atoms with Gasteiger partial charge in [-0.15, -0.1) is 0 Å². The molecule has 7 heteroatoms. The zero-order valence-corrected chi connectivity index (χ0v) is 15.0. The van der Waals surface area contributed by atoms with Crippen molar-refractivity contribution in [2.75, 3.05) is 26.4 Å². The van der Waals surface area contributed by atoms with Gasteiger partial charge in [0.2, 0.25) is 0 Å². The van der Waals surface area contributed by atoms with Gasteiger partial charge in [0.1, 0.15) is 0 Å². The number of nitrogens with zero attached hydrogens (tertiary/aromatic N) is 1. The summed E-state index contributed by atoms with van der Waals surface area (Å²) < 4.78 is 16.6. The Morgan fingerprint density at radius 3 is 2.81 bits per heavy atom. The van der Waals surface area contributed by atoms with Crippen LogP contribution in [0.4, 0.5) is 0 Å². The van der Waals surface area contributed by atoms with Crippen LogP contribution in [0.3, 0.4) is 0 Å². The van der Waals surface area contributed by atoms with Crippen molar-refractivity contribution in [2.24, 2.45) is 0 Å². The zero-order valence-electron chi connectivity index (χ0n) is 15.0. The first-order chi connectivity index (χ1) is 12.6. The van der Waals surface area contributed by atoms with Gasteiger partial charge in [-0.3, -0.25) is 4.79 Å². The summed E-state index contributed by atoms with van der Waals surface area (Å²) in [5.74, 6) is -0.406. The van der Waals surface area contributed by atoms with E-state index in [9.17, 15) is 9.59 Å². The summed E-state index contributed by atoms with van der Waals surface area (Å²) in [6.45, 7) is 2.90. The molecule has 1 aromatic carbocycles. The summed E-state index contributed by atoms with van der Waals surface area (Å²) in [7, 11) is 0. The molecule has 7 nitrogen and oxygen atoms in total. The SMILES string of the molecule is CCOc1cc(C(=O)N2CCO[C@H]3CCCC[C@@H]32)ccc1OCC(=O)O. The molecule has 1 heterocycles. The summed E-state index contributed by atoms with van der Waals surface area (Å²) in [4.78, 5) is 25.7. The lowest BCUT2D eigenvalue weighted by atomic mass is 9.89. The second-order valence-electron chi connectivity index (χ2n) is 6.54. The minimum Gasteiger partial charge on any atom is -0.490 e. The van der Waals surface area contributed by atoms with Crippen LogP contribution in [-0.2, 0) is 9.53 Å². The summed E-state index contributed by atoms with van der Waals surface area (Å²) in [6, 6.07) is 5.02. The maximum atomic E-state index is 13.1. The number of benzene rings is 1. The van der Waals surface area contributed by atoms with Gasteiger partial charge in [-0.2, -0.15) is 0 Å². The van der Waals surface area contributed by atoms with Crippen LogP contribution in [0.25, 0.3) is 0 Å². The quantitative estimate of drug-likeness (QED) is 0.835. The second kappa shape index (κ2) is 8.40. The van der Waals surface area contributed by atoms with Crippen molar-refractivity contribution in [3.05, 3.63) is 23.8 Å². The van der Waals surface area contributed by atoms with Crippen LogP contribution in [0.1, 0.15) is 43.0 Å². The highest BCUT2D eigenvalue weighted by Crippen LogP contribution is 2.32. The fourth-order valence-electron chi connectivity index (χ4n) is 3.68. The van der Waals surface area contributed by atoms with Gasteiger partial charge in [0.15, 0.2) is 18.1 Å². The molecule has 0 spiro atoms. The molecule has 1 aromatic rings. The summed E-state index contributed by atoms with van der Waals surface area (Å²) in [6.07, 6.45) is 4.36. The fourth-order valence-corrected chi connectivity index (χ4v) is 3.68. The smallest absolute Gasteiger partial charge is 0.341 e. The maximum Gasteiger partial charge on any atom is 0.341 e. The largest absolute Gasteiger partial charge is 0.490 e. The number of carbonyl (C=O) groups is 2. The molecule has 1 saturated carbocycles. The van der Waals surface area contributed by atoms with Gasteiger partial charge in [-0.05, 0) is 38.0 Å². The molecule has 0 bridgehead atoms. The molecule has 1 amide bonds. The van der Waals surface area contributed by atoms with Crippen molar-refractivity contribution in [3.63, 3.8) is 0 Å². The third kappa shape index (κ3) is 4.09. The number of morpholine rings is 1. The number of amides is 1. The van der Waals surface area contributed by atoms with Gasteiger partial charge in [-0.1, -0.05) is 12.8 Å². The first-order valence-electron chi connectivity index (χ1n) is 9.14. The number of ether oxygens (including phenoxy) is 3. The van der Waals surface area contributed by atoms with Crippen LogP contribution in [0, 0.1) is 0 Å². The van der Waals surface area contributed by atoms with Crippen LogP contribution in [0.15, 0.2) is 18.2 Å². The van der Waals surface area contributed by atoms with Gasteiger partial charge < -0.3 is 24.2 Å². The lowest BCUT2D eigenvalue weighted by Gasteiger charge is -2.43. The monoisotopic (exact) mass is 363 g/mol. The molecule has 1 aliphatic heterocycles. The van der Waals surface area contributed by atoms with E-state index in [0.29, 0.717) is 36.8 Å². The van der Waals surface area contributed by atoms with E-state index >= 15 is 0 Å². The normalized spacial score (nSPS) is 22.4. The highest BCUT2D eigenvalue weighted by atomic mass is 16.5. The van der Waals surface area contributed by atoms with E-state index in [0.717, 1.165) is 25.7 Å². The average molecular weight is 363 g/mol. The Morgan fingerprint density at radius 1 is 1.23 bits per heavy atom. The summed E-state index contributed by atoms with van der Waals surface area (Å²) in [5, 5.41) is 8.78. The lowest BCUT2D eigenvalue weighted by molar-refractivity contribution is -0.139. The van der Waals surface area contributed by atoms with Crippen LogP contribution in [-0.4, -0.2) is 60.4 Å². The van der Waals surface area contributed by atoms with E-state index < -0.39 is 12.6 Å². The van der Waals surface area contributed by atoms with E-state index in [1.165, 1.54) is 0 Å². The van der Waals surface area contributed by atoms with Gasteiger partial charge >= 0.3 is 5.97 Å². The molecule has 2 aliphatic rings. The van der Waals surface area contributed by atoms with Crippen LogP contribution in [0.5, 0.6) is 11.5 Å². The van der Waals surface area contributed by atoms with Gasteiger partial charge in [0.05, 0.1) is 25.4 Å². The molecular formula is C19H25NO6. The highest BCUT2D eigenvalue weighted by Gasteiger charge is 2.37. The third-order valence-electron chi connectivity index (χ3n) is 4.83.